The fraction of sp³-hybridized carbons (Fsp3) is 0.386. The van der Waals surface area contributed by atoms with Crippen LogP contribution in [0, 0.1) is 11.8 Å². The number of likely N-dealkylation sites (tertiary alicyclic amines) is 1. The number of amides is 8. The van der Waals surface area contributed by atoms with E-state index in [2.05, 4.69) is 60.9 Å². The third-order valence-electron chi connectivity index (χ3n) is 20.8. The average molecular weight is 1570 g/mol. The fourth-order valence-electron chi connectivity index (χ4n) is 14.4. The number of carboxylic acid groups (broad SMARTS) is 1. The Morgan fingerprint density at radius 2 is 1.42 bits per heavy atom. The van der Waals surface area contributed by atoms with E-state index in [0.29, 0.717) is 56.6 Å². The lowest BCUT2D eigenvalue weighted by Crippen LogP contribution is -2.57. The number of aliphatic carboxylic acids is 1. The number of anilines is 2. The summed E-state index contributed by atoms with van der Waals surface area (Å²) in [7, 11) is 3.19. The molecule has 1 saturated carbocycles. The Labute approximate surface area is 661 Å². The molecule has 7 heterocycles. The highest BCUT2D eigenvalue weighted by atomic mass is 32.2. The summed E-state index contributed by atoms with van der Waals surface area (Å²) >= 11 is 2.48. The minimum Gasteiger partial charge on any atom is -0.495 e. The molecule has 0 radical (unpaired) electrons. The lowest BCUT2D eigenvalue weighted by Gasteiger charge is -2.45. The van der Waals surface area contributed by atoms with Crippen molar-refractivity contribution in [1.29, 1.82) is 0 Å². The first kappa shape index (κ1) is 80.3. The molecule has 4 aliphatic heterocycles. The van der Waals surface area contributed by atoms with Gasteiger partial charge in [0.1, 0.15) is 24.0 Å². The van der Waals surface area contributed by atoms with Crippen LogP contribution in [0.5, 0.6) is 5.75 Å². The lowest BCUT2D eigenvalue weighted by molar-refractivity contribution is -0.141. The van der Waals surface area contributed by atoms with Crippen molar-refractivity contribution >= 4 is 104 Å². The minimum absolute atomic E-state index is 0.0104. The van der Waals surface area contributed by atoms with E-state index in [9.17, 15) is 53.4 Å². The summed E-state index contributed by atoms with van der Waals surface area (Å²) in [6, 6.07) is 39.6. The number of aryl methyl sites for hydroxylation is 1. The SMILES string of the molecule is COc1ccc(C#CCNC2(C)CCN(C3CCN(c4nc([C@@](CO)(OC5CC5)c5ccccc5)c5cc(-c6cn(C)c(=O)c7[nH]ccc67)ccc5n4)CC3)CC2)cc1N1CCC(=O)N(CNC(=O)[C@H](CC(=O)O)NC(=O)CCNC(=O)CCOCCOCCN2C(=O)C(Sc3ccccc3)=C(Sc3ccccc3)C2=O)C1=O. The third-order valence-corrected chi connectivity index (χ3v) is 23.2. The van der Waals surface area contributed by atoms with Gasteiger partial charge in [-0.25, -0.2) is 19.7 Å². The summed E-state index contributed by atoms with van der Waals surface area (Å²) < 4.78 is 25.4. The van der Waals surface area contributed by atoms with E-state index in [1.165, 1.54) is 40.4 Å². The summed E-state index contributed by atoms with van der Waals surface area (Å²) in [5, 5.41) is 34.0. The van der Waals surface area contributed by atoms with Gasteiger partial charge in [0.25, 0.3) is 17.4 Å². The molecular weight excluding hydrogens is 1480 g/mol. The average Bonchev–Trinajstić information content (AvgIpc) is 1.57. The number of aliphatic hydroxyl groups is 1. The standard InChI is InChI=1S/C83H91N13O15S2/c1-82(33-41-92(42-34-82)57-29-38-93(39-30-57)80-89-64-25-22-55(63-51-91(2)77(104)72-61(63)27-36-85-72)49-62(64)75(90-80)83(52-97,111-58-23-24-58)56-15-7-4-8-16-56)87-35-13-14-54-21-26-67(108-3)66(48-54)94-40-31-70(100)96(81(94)107)53-86-76(103)65(50-71(101)102)88-69(99)28-37-84-68(98)32-44-109-46-47-110-45-43-95-78(105)73(112-59-17-9-5-10-18-59)74(79(95)106)113-60-19-11-6-12-20-60/h4-12,15-22,25-27,36,48-49,51,57-58,65,85,87,97H,23-24,28-35,37-47,50,52-53H2,1-3H3,(H,84,98)(H,86,103)(H,88,99)(H,101,102)/t65-,83-/m0/s1. The van der Waals surface area contributed by atoms with Crippen molar-refractivity contribution in [1.82, 2.24) is 55.5 Å². The number of aliphatic hydroxyl groups excluding tert-OH is 1. The number of thioether (sulfide) groups is 2. The quantitative estimate of drug-likeness (QED) is 0.0116. The number of urea groups is 1. The van der Waals surface area contributed by atoms with Gasteiger partial charge in [-0.3, -0.25) is 48.2 Å². The number of fused-ring (bicyclic) bond motifs is 2. The van der Waals surface area contributed by atoms with Crippen molar-refractivity contribution < 1.29 is 67.5 Å². The molecule has 113 heavy (non-hydrogen) atoms. The van der Waals surface area contributed by atoms with Gasteiger partial charge in [0.15, 0.2) is 5.60 Å². The van der Waals surface area contributed by atoms with Crippen LogP contribution in [0.25, 0.3) is 32.9 Å². The van der Waals surface area contributed by atoms with Crippen LogP contribution in [0.2, 0.25) is 0 Å². The second-order valence-electron chi connectivity index (χ2n) is 28.6. The van der Waals surface area contributed by atoms with Gasteiger partial charge in [-0.1, -0.05) is 108 Å². The molecule has 13 rings (SSSR count). The fourth-order valence-corrected chi connectivity index (χ4v) is 16.5. The molecule has 590 valence electrons. The molecule has 28 nitrogen and oxygen atoms in total. The van der Waals surface area contributed by atoms with Gasteiger partial charge in [0, 0.05) is 121 Å². The zero-order valence-corrected chi connectivity index (χ0v) is 64.8. The molecule has 8 aromatic rings. The van der Waals surface area contributed by atoms with Gasteiger partial charge >= 0.3 is 12.0 Å². The van der Waals surface area contributed by atoms with E-state index in [0.717, 1.165) is 112 Å². The minimum atomic E-state index is -1.60. The highest BCUT2D eigenvalue weighted by Gasteiger charge is 2.45. The van der Waals surface area contributed by atoms with Gasteiger partial charge < -0.3 is 69.8 Å². The van der Waals surface area contributed by atoms with Crippen molar-refractivity contribution in [3.8, 4) is 28.7 Å². The van der Waals surface area contributed by atoms with Crippen molar-refractivity contribution in [2.24, 2.45) is 7.05 Å². The van der Waals surface area contributed by atoms with Crippen molar-refractivity contribution in [3.63, 3.8) is 0 Å². The Kier molecular flexibility index (Phi) is 26.2. The summed E-state index contributed by atoms with van der Waals surface area (Å²) in [6.45, 7) is 5.02. The van der Waals surface area contributed by atoms with E-state index in [1.54, 1.807) is 36.0 Å². The van der Waals surface area contributed by atoms with Gasteiger partial charge in [0.2, 0.25) is 29.6 Å². The molecule has 1 aliphatic carbocycles. The second kappa shape index (κ2) is 36.8. The molecule has 2 atom stereocenters. The first-order valence-electron chi connectivity index (χ1n) is 37.9. The number of pyridine rings is 1. The Bertz CT molecular complexity index is 4940. The largest absolute Gasteiger partial charge is 0.495 e. The number of nitrogens with zero attached hydrogens (tertiary/aromatic N) is 8. The number of aromatic amines is 1. The van der Waals surface area contributed by atoms with Crippen LogP contribution in [0.3, 0.4) is 0 Å². The Morgan fingerprint density at radius 3 is 2.09 bits per heavy atom. The number of hydrogen-bond donors (Lipinski definition) is 7. The number of carboxylic acids is 1. The predicted molar refractivity (Wildman–Crippen MR) is 426 cm³/mol. The lowest BCUT2D eigenvalue weighted by atomic mass is 9.87. The smallest absolute Gasteiger partial charge is 0.332 e. The number of imide groups is 2. The van der Waals surface area contributed by atoms with Gasteiger partial charge in [-0.05, 0) is 117 Å². The van der Waals surface area contributed by atoms with Crippen molar-refractivity contribution in [3.05, 3.63) is 183 Å². The van der Waals surface area contributed by atoms with Crippen LogP contribution in [0.1, 0.15) is 88.0 Å². The van der Waals surface area contributed by atoms with Crippen LogP contribution < -0.4 is 41.4 Å². The molecular formula is C83H91N13O15S2. The van der Waals surface area contributed by atoms with E-state index in [-0.39, 0.29) is 89.1 Å². The van der Waals surface area contributed by atoms with E-state index < -0.39 is 72.2 Å². The molecule has 0 unspecified atom stereocenters. The Hall–Kier alpha value is -10.8. The molecule has 4 fully saturated rings. The maximum Gasteiger partial charge on any atom is 0.332 e. The number of piperidine rings is 2. The number of H-pyrrole nitrogens is 1. The number of nitrogens with one attached hydrogen (secondary N) is 5. The molecule has 0 spiro atoms. The van der Waals surface area contributed by atoms with E-state index in [1.807, 2.05) is 115 Å². The van der Waals surface area contributed by atoms with Gasteiger partial charge in [0.05, 0.1) is 92.5 Å². The topological polar surface area (TPSA) is 342 Å². The Balaban J connectivity index is 0.542. The number of rotatable bonds is 34. The first-order valence-corrected chi connectivity index (χ1v) is 39.6. The maximum atomic E-state index is 14.1. The molecule has 7 N–H and O–H groups in total. The number of methoxy groups -OCH3 is 1. The zero-order valence-electron chi connectivity index (χ0n) is 63.2. The predicted octanol–water partition coefficient (Wildman–Crippen LogP) is 7.65. The third kappa shape index (κ3) is 19.3. The van der Waals surface area contributed by atoms with Gasteiger partial charge in [-0.2, -0.15) is 0 Å². The normalized spacial score (nSPS) is 17.0. The molecule has 0 bridgehead atoms. The Morgan fingerprint density at radius 1 is 0.743 bits per heavy atom. The number of hydrogen-bond acceptors (Lipinski definition) is 21. The highest BCUT2D eigenvalue weighted by molar-refractivity contribution is 8.08. The molecule has 5 aromatic carbocycles. The van der Waals surface area contributed by atoms with Crippen LogP contribution in [-0.4, -0.2) is 215 Å². The monoisotopic (exact) mass is 1570 g/mol. The number of carbonyl (C=O) groups excluding carboxylic acids is 7. The number of ether oxygens (including phenoxy) is 4. The van der Waals surface area contributed by atoms with E-state index in [4.69, 9.17) is 28.9 Å². The zero-order chi connectivity index (χ0) is 79.2. The first-order chi connectivity index (χ1) is 54.8. The maximum absolute atomic E-state index is 14.1. The molecule has 30 heteroatoms. The van der Waals surface area contributed by atoms with Crippen LogP contribution in [-0.2, 0) is 60.4 Å². The van der Waals surface area contributed by atoms with E-state index >= 15 is 0 Å². The van der Waals surface area contributed by atoms with Crippen LogP contribution in [0.15, 0.2) is 170 Å². The van der Waals surface area contributed by atoms with Crippen LogP contribution >= 0.6 is 23.5 Å². The molecule has 5 aliphatic rings. The van der Waals surface area contributed by atoms with Crippen molar-refractivity contribution in [2.45, 2.75) is 110 Å². The number of aromatic nitrogens is 4. The highest BCUT2D eigenvalue weighted by Crippen LogP contribution is 2.45. The number of carbonyl (C=O) groups is 8. The summed E-state index contributed by atoms with van der Waals surface area (Å²) in [4.78, 5) is 143. The number of benzene rings is 5. The summed E-state index contributed by atoms with van der Waals surface area (Å²) in [5.74, 6) is 2.40. The van der Waals surface area contributed by atoms with Gasteiger partial charge in [-0.15, -0.1) is 0 Å². The summed E-state index contributed by atoms with van der Waals surface area (Å²) in [6.07, 6.45) is 7.62. The summed E-state index contributed by atoms with van der Waals surface area (Å²) in [5.41, 5.74) is 3.70. The molecule has 3 aromatic heterocycles. The molecule has 8 amide bonds. The van der Waals surface area contributed by atoms with Crippen molar-refractivity contribution in [2.75, 3.05) is 109 Å². The molecule has 3 saturated heterocycles. The van der Waals surface area contributed by atoms with Crippen LogP contribution in [0.4, 0.5) is 16.4 Å². The second-order valence-corrected chi connectivity index (χ2v) is 30.8.